The minimum absolute atomic E-state index is 0.300. The maximum atomic E-state index is 12.5. The first kappa shape index (κ1) is 10.7. The van der Waals surface area contributed by atoms with E-state index < -0.39 is 12.1 Å². The molecule has 0 aliphatic carbocycles. The van der Waals surface area contributed by atoms with Gasteiger partial charge < -0.3 is 5.32 Å². The SMILES string of the molecule is CC(C)(CF)C(=O)Nc1ccccc1. The first-order chi connectivity index (χ1) is 6.56. The molecule has 1 aromatic rings. The predicted molar refractivity (Wildman–Crippen MR) is 54.8 cm³/mol. The zero-order chi connectivity index (χ0) is 10.6. The van der Waals surface area contributed by atoms with Crippen LogP contribution in [0.25, 0.3) is 0 Å². The van der Waals surface area contributed by atoms with E-state index in [-0.39, 0.29) is 5.91 Å². The van der Waals surface area contributed by atoms with Crippen LogP contribution < -0.4 is 5.32 Å². The quantitative estimate of drug-likeness (QED) is 0.789. The summed E-state index contributed by atoms with van der Waals surface area (Å²) in [6.07, 6.45) is 0. The van der Waals surface area contributed by atoms with Crippen LogP contribution in [-0.4, -0.2) is 12.6 Å². The van der Waals surface area contributed by atoms with Gasteiger partial charge in [-0.25, -0.2) is 4.39 Å². The number of alkyl halides is 1. The Morgan fingerprint density at radius 1 is 1.36 bits per heavy atom. The van der Waals surface area contributed by atoms with E-state index in [1.807, 2.05) is 18.2 Å². The van der Waals surface area contributed by atoms with Gasteiger partial charge in [-0.1, -0.05) is 18.2 Å². The van der Waals surface area contributed by atoms with Gasteiger partial charge in [0.1, 0.15) is 6.67 Å². The van der Waals surface area contributed by atoms with E-state index in [4.69, 9.17) is 0 Å². The second kappa shape index (κ2) is 4.22. The van der Waals surface area contributed by atoms with Crippen LogP contribution >= 0.6 is 0 Å². The van der Waals surface area contributed by atoms with Crippen molar-refractivity contribution >= 4 is 11.6 Å². The summed E-state index contributed by atoms with van der Waals surface area (Å²) in [5, 5.41) is 2.65. The van der Waals surface area contributed by atoms with Crippen molar-refractivity contribution in [2.45, 2.75) is 13.8 Å². The van der Waals surface area contributed by atoms with E-state index in [0.29, 0.717) is 5.69 Å². The van der Waals surface area contributed by atoms with Crippen LogP contribution in [0, 0.1) is 5.41 Å². The Morgan fingerprint density at radius 3 is 2.43 bits per heavy atom. The molecule has 0 radical (unpaired) electrons. The number of hydrogen-bond donors (Lipinski definition) is 1. The van der Waals surface area contributed by atoms with E-state index in [1.165, 1.54) is 0 Å². The Morgan fingerprint density at radius 2 is 1.93 bits per heavy atom. The van der Waals surface area contributed by atoms with E-state index in [0.717, 1.165) is 0 Å². The van der Waals surface area contributed by atoms with Crippen LogP contribution in [0.2, 0.25) is 0 Å². The molecule has 0 saturated heterocycles. The predicted octanol–water partition coefficient (Wildman–Crippen LogP) is 2.62. The van der Waals surface area contributed by atoms with E-state index in [9.17, 15) is 9.18 Å². The molecule has 0 unspecified atom stereocenters. The summed E-state index contributed by atoms with van der Waals surface area (Å²) in [7, 11) is 0. The van der Waals surface area contributed by atoms with Gasteiger partial charge in [0.05, 0.1) is 5.41 Å². The largest absolute Gasteiger partial charge is 0.326 e. The molecule has 1 rings (SSSR count). The molecule has 0 spiro atoms. The highest BCUT2D eigenvalue weighted by atomic mass is 19.1. The Hall–Kier alpha value is -1.38. The van der Waals surface area contributed by atoms with Crippen LogP contribution in [0.5, 0.6) is 0 Å². The van der Waals surface area contributed by atoms with Gasteiger partial charge >= 0.3 is 0 Å². The van der Waals surface area contributed by atoms with Gasteiger partial charge in [0.25, 0.3) is 0 Å². The van der Waals surface area contributed by atoms with Gasteiger partial charge in [-0.15, -0.1) is 0 Å². The molecule has 1 amide bonds. The molecular formula is C11H14FNO. The fourth-order valence-corrected chi connectivity index (χ4v) is 0.882. The lowest BCUT2D eigenvalue weighted by molar-refractivity contribution is -0.124. The number of carbonyl (C=O) groups is 1. The summed E-state index contributed by atoms with van der Waals surface area (Å²) >= 11 is 0. The summed E-state index contributed by atoms with van der Waals surface area (Å²) in [5.74, 6) is -0.300. The number of benzene rings is 1. The molecular weight excluding hydrogens is 181 g/mol. The second-order valence-corrected chi connectivity index (χ2v) is 3.84. The average Bonchev–Trinajstić information content (AvgIpc) is 2.19. The third-order valence-corrected chi connectivity index (χ3v) is 1.98. The van der Waals surface area contributed by atoms with E-state index in [2.05, 4.69) is 5.32 Å². The van der Waals surface area contributed by atoms with Gasteiger partial charge in [0, 0.05) is 5.69 Å². The number of carbonyl (C=O) groups excluding carboxylic acids is 1. The topological polar surface area (TPSA) is 29.1 Å². The number of rotatable bonds is 3. The minimum Gasteiger partial charge on any atom is -0.326 e. The lowest BCUT2D eigenvalue weighted by Crippen LogP contribution is -2.32. The Labute approximate surface area is 83.1 Å². The molecule has 1 aromatic carbocycles. The normalized spacial score (nSPS) is 11.1. The smallest absolute Gasteiger partial charge is 0.232 e. The summed E-state index contributed by atoms with van der Waals surface area (Å²) in [5.41, 5.74) is -0.269. The molecule has 0 aliphatic heterocycles. The number of anilines is 1. The second-order valence-electron chi connectivity index (χ2n) is 3.84. The minimum atomic E-state index is -0.962. The highest BCUT2D eigenvalue weighted by Gasteiger charge is 2.27. The standard InChI is InChI=1S/C11H14FNO/c1-11(2,8-12)10(14)13-9-6-4-3-5-7-9/h3-7H,8H2,1-2H3,(H,13,14). The molecule has 14 heavy (non-hydrogen) atoms. The zero-order valence-electron chi connectivity index (χ0n) is 8.38. The summed E-state index contributed by atoms with van der Waals surface area (Å²) in [6, 6.07) is 9.03. The van der Waals surface area contributed by atoms with Crippen molar-refractivity contribution in [3.63, 3.8) is 0 Å². The molecule has 2 nitrogen and oxygen atoms in total. The molecule has 76 valence electrons. The van der Waals surface area contributed by atoms with E-state index >= 15 is 0 Å². The number of hydrogen-bond acceptors (Lipinski definition) is 1. The van der Waals surface area contributed by atoms with Crippen molar-refractivity contribution < 1.29 is 9.18 Å². The van der Waals surface area contributed by atoms with Crippen molar-refractivity contribution in [1.29, 1.82) is 0 Å². The molecule has 0 heterocycles. The fraction of sp³-hybridized carbons (Fsp3) is 0.364. The van der Waals surface area contributed by atoms with Gasteiger partial charge in [0.2, 0.25) is 5.91 Å². The van der Waals surface area contributed by atoms with Crippen molar-refractivity contribution in [3.05, 3.63) is 30.3 Å². The lowest BCUT2D eigenvalue weighted by Gasteiger charge is -2.19. The van der Waals surface area contributed by atoms with E-state index in [1.54, 1.807) is 26.0 Å². The first-order valence-electron chi connectivity index (χ1n) is 4.49. The summed E-state index contributed by atoms with van der Waals surface area (Å²) in [4.78, 5) is 11.5. The molecule has 0 aliphatic rings. The highest BCUT2D eigenvalue weighted by molar-refractivity contribution is 5.94. The summed E-state index contributed by atoms with van der Waals surface area (Å²) in [6.45, 7) is 2.49. The number of amides is 1. The van der Waals surface area contributed by atoms with Crippen LogP contribution in [0.15, 0.2) is 30.3 Å². The van der Waals surface area contributed by atoms with Crippen molar-refractivity contribution in [2.75, 3.05) is 12.0 Å². The maximum Gasteiger partial charge on any atom is 0.232 e. The third-order valence-electron chi connectivity index (χ3n) is 1.98. The van der Waals surface area contributed by atoms with Gasteiger partial charge in [-0.3, -0.25) is 4.79 Å². The average molecular weight is 195 g/mol. The molecule has 0 bridgehead atoms. The number of para-hydroxylation sites is 1. The molecule has 0 aromatic heterocycles. The van der Waals surface area contributed by atoms with Crippen LogP contribution in [0.4, 0.5) is 10.1 Å². The van der Waals surface area contributed by atoms with Crippen LogP contribution in [0.3, 0.4) is 0 Å². The monoisotopic (exact) mass is 195 g/mol. The van der Waals surface area contributed by atoms with Crippen molar-refractivity contribution in [3.8, 4) is 0 Å². The van der Waals surface area contributed by atoms with Crippen molar-refractivity contribution in [1.82, 2.24) is 0 Å². The molecule has 3 heteroatoms. The number of nitrogens with one attached hydrogen (secondary N) is 1. The molecule has 1 N–H and O–H groups in total. The molecule has 0 atom stereocenters. The maximum absolute atomic E-state index is 12.5. The molecule has 0 fully saturated rings. The van der Waals surface area contributed by atoms with Crippen LogP contribution in [0.1, 0.15) is 13.8 Å². The van der Waals surface area contributed by atoms with Crippen molar-refractivity contribution in [2.24, 2.45) is 5.41 Å². The van der Waals surface area contributed by atoms with Gasteiger partial charge in [-0.05, 0) is 26.0 Å². The van der Waals surface area contributed by atoms with Crippen LogP contribution in [-0.2, 0) is 4.79 Å². The van der Waals surface area contributed by atoms with Gasteiger partial charge in [-0.2, -0.15) is 0 Å². The van der Waals surface area contributed by atoms with Gasteiger partial charge in [0.15, 0.2) is 0 Å². The Bertz CT molecular complexity index is 308. The lowest BCUT2D eigenvalue weighted by atomic mass is 9.94. The summed E-state index contributed by atoms with van der Waals surface area (Å²) < 4.78 is 12.5. The Kier molecular flexibility index (Phi) is 3.23. The first-order valence-corrected chi connectivity index (χ1v) is 4.49. The third kappa shape index (κ3) is 2.55. The number of halogens is 1. The fourth-order valence-electron chi connectivity index (χ4n) is 0.882. The Balaban J connectivity index is 2.67. The highest BCUT2D eigenvalue weighted by Crippen LogP contribution is 2.18. The molecule has 0 saturated carbocycles. The zero-order valence-corrected chi connectivity index (χ0v) is 8.38.